The topological polar surface area (TPSA) is 75.5 Å². The molecule has 0 unspecified atom stereocenters. The molecule has 3 heterocycles. The zero-order valence-corrected chi connectivity index (χ0v) is 21.8. The van der Waals surface area contributed by atoms with Gasteiger partial charge in [-0.1, -0.05) is 54.8 Å². The number of nitrogens with one attached hydrogen (secondary N) is 2. The van der Waals surface area contributed by atoms with Gasteiger partial charge in [0.2, 0.25) is 5.88 Å². The summed E-state index contributed by atoms with van der Waals surface area (Å²) >= 11 is 6.09. The first-order valence-electron chi connectivity index (χ1n) is 13.1. The molecule has 8 heteroatoms. The number of hydrogen-bond donors (Lipinski definition) is 2. The van der Waals surface area contributed by atoms with Gasteiger partial charge >= 0.3 is 0 Å². The van der Waals surface area contributed by atoms with E-state index in [2.05, 4.69) is 44.8 Å². The smallest absolute Gasteiger partial charge is 0.296 e. The predicted molar refractivity (Wildman–Crippen MR) is 151 cm³/mol. The monoisotopic (exact) mass is 519 g/mol. The van der Waals surface area contributed by atoms with Crippen molar-refractivity contribution in [2.24, 2.45) is 0 Å². The summed E-state index contributed by atoms with van der Waals surface area (Å²) in [4.78, 5) is 11.5. The van der Waals surface area contributed by atoms with E-state index in [0.29, 0.717) is 11.0 Å². The van der Waals surface area contributed by atoms with Gasteiger partial charge in [-0.2, -0.15) is 4.98 Å². The summed E-state index contributed by atoms with van der Waals surface area (Å²) in [5, 5.41) is 8.76. The zero-order valence-electron chi connectivity index (χ0n) is 21.1. The van der Waals surface area contributed by atoms with E-state index in [1.165, 1.54) is 5.56 Å². The van der Waals surface area contributed by atoms with Crippen molar-refractivity contribution in [2.45, 2.75) is 32.1 Å². The number of rotatable bonds is 12. The second-order valence-corrected chi connectivity index (χ2v) is 9.76. The van der Waals surface area contributed by atoms with Crippen LogP contribution in [0, 0.1) is 0 Å². The van der Waals surface area contributed by atoms with Crippen LogP contribution in [0.1, 0.15) is 36.9 Å². The van der Waals surface area contributed by atoms with Crippen molar-refractivity contribution in [2.75, 3.05) is 54.9 Å². The number of morpholine rings is 1. The predicted octanol–water partition coefficient (Wildman–Crippen LogP) is 6.39. The van der Waals surface area contributed by atoms with Gasteiger partial charge in [0.25, 0.3) is 6.01 Å². The first kappa shape index (κ1) is 25.4. The summed E-state index contributed by atoms with van der Waals surface area (Å²) in [5.74, 6) is 0.867. The maximum Gasteiger partial charge on any atom is 0.296 e. The first-order chi connectivity index (χ1) is 18.3. The molecule has 1 aliphatic heterocycles. The molecule has 5 rings (SSSR count). The highest BCUT2D eigenvalue weighted by atomic mass is 35.5. The average molecular weight is 520 g/mol. The summed E-state index contributed by atoms with van der Waals surface area (Å²) in [5.41, 5.74) is 4.23. The fourth-order valence-electron chi connectivity index (χ4n) is 4.63. The Bertz CT molecular complexity index is 1270. The molecule has 1 saturated heterocycles. The van der Waals surface area contributed by atoms with Gasteiger partial charge in [0.1, 0.15) is 5.69 Å². The lowest BCUT2D eigenvalue weighted by Crippen LogP contribution is -2.36. The highest BCUT2D eigenvalue weighted by Gasteiger charge is 2.21. The van der Waals surface area contributed by atoms with Crippen LogP contribution < -0.4 is 15.5 Å². The number of fused-ring (bicyclic) bond motifs is 1. The molecule has 37 heavy (non-hydrogen) atoms. The molecule has 0 bridgehead atoms. The molecule has 0 atom stereocenters. The van der Waals surface area contributed by atoms with E-state index in [1.807, 2.05) is 36.5 Å². The molecule has 0 spiro atoms. The molecular weight excluding hydrogens is 486 g/mol. The van der Waals surface area contributed by atoms with E-state index >= 15 is 0 Å². The van der Waals surface area contributed by atoms with E-state index in [0.717, 1.165) is 99.7 Å². The number of ether oxygens (including phenoxy) is 1. The fraction of sp³-hybridized carbons (Fsp3) is 0.379. The molecule has 4 aromatic rings. The SMILES string of the molecule is Clc1ccc2c(NCCCCCCNc3nc(Cc4ccccc4)c(N4CCOCC4)o3)ccnc2c1. The summed E-state index contributed by atoms with van der Waals surface area (Å²) in [6, 6.07) is 18.9. The molecule has 0 amide bonds. The number of halogens is 1. The Labute approximate surface area is 223 Å². The van der Waals surface area contributed by atoms with Crippen molar-refractivity contribution in [1.29, 1.82) is 0 Å². The summed E-state index contributed by atoms with van der Waals surface area (Å²) in [6.07, 6.45) is 7.07. The van der Waals surface area contributed by atoms with Crippen LogP contribution in [0.4, 0.5) is 17.6 Å². The minimum Gasteiger partial charge on any atom is -0.407 e. The molecule has 0 saturated carbocycles. The van der Waals surface area contributed by atoms with Crippen LogP contribution in [0.25, 0.3) is 10.9 Å². The second-order valence-electron chi connectivity index (χ2n) is 9.32. The number of pyridine rings is 1. The first-order valence-corrected chi connectivity index (χ1v) is 13.5. The van der Waals surface area contributed by atoms with Crippen molar-refractivity contribution in [3.8, 4) is 0 Å². The summed E-state index contributed by atoms with van der Waals surface area (Å²) in [7, 11) is 0. The molecular formula is C29H34ClN5O2. The highest BCUT2D eigenvalue weighted by molar-refractivity contribution is 6.31. The maximum atomic E-state index is 6.19. The average Bonchev–Trinajstić information content (AvgIpc) is 3.33. The Hall–Kier alpha value is -3.29. The number of hydrogen-bond acceptors (Lipinski definition) is 7. The molecule has 0 radical (unpaired) electrons. The molecule has 2 aromatic heterocycles. The van der Waals surface area contributed by atoms with Gasteiger partial charge in [-0.25, -0.2) is 0 Å². The van der Waals surface area contributed by atoms with Gasteiger partial charge in [0.05, 0.1) is 18.7 Å². The molecule has 1 fully saturated rings. The van der Waals surface area contributed by atoms with Gasteiger partial charge in [-0.05, 0) is 42.7 Å². The van der Waals surface area contributed by atoms with Gasteiger partial charge in [0.15, 0.2) is 0 Å². The van der Waals surface area contributed by atoms with Crippen LogP contribution in [0.2, 0.25) is 5.02 Å². The number of nitrogens with zero attached hydrogens (tertiary/aromatic N) is 3. The molecule has 194 valence electrons. The lowest BCUT2D eigenvalue weighted by atomic mass is 10.1. The molecule has 0 aliphatic carbocycles. The largest absolute Gasteiger partial charge is 0.407 e. The lowest BCUT2D eigenvalue weighted by Gasteiger charge is -2.26. The number of oxazole rings is 1. The van der Waals surface area contributed by atoms with Gasteiger partial charge in [-0.15, -0.1) is 0 Å². The number of unbranched alkanes of at least 4 members (excludes halogenated alkanes) is 3. The van der Waals surface area contributed by atoms with E-state index in [4.69, 9.17) is 25.7 Å². The van der Waals surface area contributed by atoms with Crippen molar-refractivity contribution in [3.63, 3.8) is 0 Å². The minimum absolute atomic E-state index is 0.610. The van der Waals surface area contributed by atoms with Crippen molar-refractivity contribution < 1.29 is 9.15 Å². The lowest BCUT2D eigenvalue weighted by molar-refractivity contribution is 0.120. The third kappa shape index (κ3) is 6.93. The highest BCUT2D eigenvalue weighted by Crippen LogP contribution is 2.28. The van der Waals surface area contributed by atoms with Crippen molar-refractivity contribution in [1.82, 2.24) is 9.97 Å². The fourth-order valence-corrected chi connectivity index (χ4v) is 4.80. The minimum atomic E-state index is 0.610. The summed E-state index contributed by atoms with van der Waals surface area (Å²) in [6.45, 7) is 4.86. The Morgan fingerprint density at radius 1 is 0.892 bits per heavy atom. The number of aromatic nitrogens is 2. The molecule has 1 aliphatic rings. The van der Waals surface area contributed by atoms with Crippen LogP contribution in [0.15, 0.2) is 65.2 Å². The molecule has 2 N–H and O–H groups in total. The van der Waals surface area contributed by atoms with Crippen LogP contribution in [-0.4, -0.2) is 49.4 Å². The Morgan fingerprint density at radius 3 is 2.49 bits per heavy atom. The van der Waals surface area contributed by atoms with Crippen molar-refractivity contribution >= 4 is 40.1 Å². The standard InChI is InChI=1S/C29H34ClN5O2/c30-23-10-11-24-25(12-15-32-26(24)21-23)31-13-6-1-2-7-14-33-29-34-27(20-22-8-4-3-5-9-22)28(37-29)35-16-18-36-19-17-35/h3-5,8-12,15,21H,1-2,6-7,13-14,16-20H2,(H,31,32)(H,33,34). The van der Waals surface area contributed by atoms with Crippen molar-refractivity contribution in [3.05, 3.63) is 77.1 Å². The Kier molecular flexibility index (Phi) is 8.77. The van der Waals surface area contributed by atoms with Crippen LogP contribution in [0.3, 0.4) is 0 Å². The quantitative estimate of drug-likeness (QED) is 0.210. The number of anilines is 3. The summed E-state index contributed by atoms with van der Waals surface area (Å²) < 4.78 is 11.7. The third-order valence-corrected chi connectivity index (χ3v) is 6.82. The normalized spacial score (nSPS) is 13.7. The van der Waals surface area contributed by atoms with Gasteiger partial charge in [0, 0.05) is 54.9 Å². The van der Waals surface area contributed by atoms with Crippen LogP contribution in [-0.2, 0) is 11.2 Å². The Morgan fingerprint density at radius 2 is 1.68 bits per heavy atom. The van der Waals surface area contributed by atoms with Gasteiger partial charge < -0.3 is 24.7 Å². The van der Waals surface area contributed by atoms with E-state index in [1.54, 1.807) is 0 Å². The number of benzene rings is 2. The Balaban J connectivity index is 1.06. The van der Waals surface area contributed by atoms with E-state index in [-0.39, 0.29) is 0 Å². The van der Waals surface area contributed by atoms with Gasteiger partial charge in [-0.3, -0.25) is 4.98 Å². The van der Waals surface area contributed by atoms with E-state index in [9.17, 15) is 0 Å². The third-order valence-electron chi connectivity index (χ3n) is 6.59. The maximum absolute atomic E-state index is 6.19. The van der Waals surface area contributed by atoms with E-state index < -0.39 is 0 Å². The second kappa shape index (κ2) is 12.8. The van der Waals surface area contributed by atoms with Crippen LogP contribution in [0.5, 0.6) is 0 Å². The molecule has 7 nitrogen and oxygen atoms in total. The van der Waals surface area contributed by atoms with Crippen LogP contribution >= 0.6 is 11.6 Å². The zero-order chi connectivity index (χ0) is 25.3. The molecule has 2 aromatic carbocycles.